The van der Waals surface area contributed by atoms with Crippen molar-refractivity contribution >= 4 is 27.0 Å². The van der Waals surface area contributed by atoms with Crippen molar-refractivity contribution in [3.8, 4) is 6.07 Å². The summed E-state index contributed by atoms with van der Waals surface area (Å²) in [5.74, 6) is 0.632. The fraction of sp³-hybridized carbons (Fsp3) is 0.360. The van der Waals surface area contributed by atoms with Gasteiger partial charge in [0.2, 0.25) is 0 Å². The molecule has 0 bridgehead atoms. The molecule has 0 aliphatic rings. The van der Waals surface area contributed by atoms with Crippen LogP contribution in [0.3, 0.4) is 0 Å². The van der Waals surface area contributed by atoms with E-state index >= 15 is 4.39 Å². The maximum atomic E-state index is 15.2. The quantitative estimate of drug-likeness (QED) is 0.432. The van der Waals surface area contributed by atoms with Crippen LogP contribution in [-0.2, 0) is 17.9 Å². The van der Waals surface area contributed by atoms with E-state index in [-0.39, 0.29) is 5.82 Å². The van der Waals surface area contributed by atoms with Crippen LogP contribution in [0.2, 0.25) is 0 Å². The Hall–Kier alpha value is -2.62. The molecule has 3 rings (SSSR count). The molecule has 0 spiro atoms. The number of pyridine rings is 1. The number of ether oxygens (including phenoxy) is 1. The minimum absolute atomic E-state index is 0.324. The number of halogens is 1. The van der Waals surface area contributed by atoms with Crippen LogP contribution in [0.25, 0.3) is 17.0 Å². The molecule has 1 aromatic carbocycles. The first-order chi connectivity index (χ1) is 14.7. The molecule has 0 aliphatic heterocycles. The van der Waals surface area contributed by atoms with Gasteiger partial charge in [0.25, 0.3) is 0 Å². The van der Waals surface area contributed by atoms with Gasteiger partial charge in [-0.3, -0.25) is 4.98 Å². The Kier molecular flexibility index (Phi) is 6.88. The molecule has 2 aromatic heterocycles. The second-order valence-electron chi connectivity index (χ2n) is 8.63. The summed E-state index contributed by atoms with van der Waals surface area (Å²) in [6.45, 7) is 8.73. The lowest BCUT2D eigenvalue weighted by atomic mass is 9.98. The van der Waals surface area contributed by atoms with Crippen molar-refractivity contribution in [3.63, 3.8) is 0 Å². The van der Waals surface area contributed by atoms with Crippen LogP contribution < -0.4 is 0 Å². The maximum absolute atomic E-state index is 15.2. The number of rotatable bonds is 8. The molecular weight excluding hydrogens is 409 g/mol. The molecule has 31 heavy (non-hydrogen) atoms. The van der Waals surface area contributed by atoms with Crippen molar-refractivity contribution in [2.24, 2.45) is 0 Å². The van der Waals surface area contributed by atoms with Crippen LogP contribution in [0.1, 0.15) is 33.8 Å². The Morgan fingerprint density at radius 3 is 2.68 bits per heavy atom. The first kappa shape index (κ1) is 23.1. The third kappa shape index (κ3) is 5.00. The highest BCUT2D eigenvalue weighted by atomic mass is 32.3. The molecule has 0 unspecified atom stereocenters. The molecule has 4 nitrogen and oxygen atoms in total. The van der Waals surface area contributed by atoms with E-state index in [2.05, 4.69) is 36.4 Å². The van der Waals surface area contributed by atoms with Gasteiger partial charge >= 0.3 is 0 Å². The molecule has 0 amide bonds. The highest BCUT2D eigenvalue weighted by Crippen LogP contribution is 2.35. The van der Waals surface area contributed by atoms with Crippen LogP contribution in [0.15, 0.2) is 30.8 Å². The highest BCUT2D eigenvalue weighted by Gasteiger charge is 2.22. The first-order valence-electron chi connectivity index (χ1n) is 10.2. The van der Waals surface area contributed by atoms with Gasteiger partial charge in [-0.15, -0.1) is 0 Å². The molecule has 6 heteroatoms. The summed E-state index contributed by atoms with van der Waals surface area (Å²) in [5, 5.41) is 10.5. The predicted octanol–water partition coefficient (Wildman–Crippen LogP) is 5.57. The van der Waals surface area contributed by atoms with E-state index in [1.165, 1.54) is 6.07 Å². The lowest BCUT2D eigenvalue weighted by molar-refractivity contribution is 0.0914. The molecule has 0 radical (unpaired) electrons. The summed E-state index contributed by atoms with van der Waals surface area (Å²) in [6, 6.07) is 9.15. The molecule has 3 aromatic rings. The lowest BCUT2D eigenvalue weighted by Gasteiger charge is -2.24. The van der Waals surface area contributed by atoms with Gasteiger partial charge in [-0.1, -0.05) is 12.6 Å². The summed E-state index contributed by atoms with van der Waals surface area (Å²) in [5.41, 5.74) is 5.07. The van der Waals surface area contributed by atoms with Gasteiger partial charge in [-0.25, -0.2) is 14.4 Å². The monoisotopic (exact) mass is 439 g/mol. The third-order valence-electron chi connectivity index (χ3n) is 5.52. The fourth-order valence-corrected chi connectivity index (χ4v) is 4.31. The number of hydrogen-bond donors (Lipinski definition) is 0. The fourth-order valence-electron chi connectivity index (χ4n) is 3.69. The topological polar surface area (TPSA) is 50.8 Å². The number of nitriles is 1. The number of nitrogens with zero attached hydrogens (tertiary/aromatic N) is 3. The third-order valence-corrected chi connectivity index (χ3v) is 6.91. The minimum Gasteiger partial charge on any atom is -0.360 e. The van der Waals surface area contributed by atoms with Gasteiger partial charge in [-0.05, 0) is 62.5 Å². The van der Waals surface area contributed by atoms with Gasteiger partial charge in [0.1, 0.15) is 18.6 Å². The van der Waals surface area contributed by atoms with Crippen molar-refractivity contribution < 1.29 is 9.13 Å². The van der Waals surface area contributed by atoms with E-state index in [1.54, 1.807) is 6.08 Å². The van der Waals surface area contributed by atoms with Crippen LogP contribution in [0.5, 0.6) is 0 Å². The summed E-state index contributed by atoms with van der Waals surface area (Å²) in [6.07, 6.45) is 8.80. The second-order valence-corrected chi connectivity index (χ2v) is 13.2. The molecule has 0 atom stereocenters. The smallest absolute Gasteiger partial charge is 0.128 e. The van der Waals surface area contributed by atoms with Gasteiger partial charge in [-0.2, -0.15) is 5.26 Å². The molecule has 0 fully saturated rings. The number of fused-ring (bicyclic) bond motifs is 1. The lowest BCUT2D eigenvalue weighted by Crippen LogP contribution is -2.11. The average molecular weight is 440 g/mol. The summed E-state index contributed by atoms with van der Waals surface area (Å²) in [7, 11) is -0.642. The van der Waals surface area contributed by atoms with E-state index < -0.39 is 10.0 Å². The average Bonchev–Trinajstić information content (AvgIpc) is 2.97. The highest BCUT2D eigenvalue weighted by molar-refractivity contribution is 8.32. The van der Waals surface area contributed by atoms with Gasteiger partial charge in [0.05, 0.1) is 23.4 Å². The second kappa shape index (κ2) is 9.25. The SMILES string of the molecule is C=Cc1cccc(Cc2c(F)cc(C#N)c3c2c(C)c(C)n3COCCS(C)(C)C)n1. The van der Waals surface area contributed by atoms with E-state index in [9.17, 15) is 5.26 Å². The summed E-state index contributed by atoms with van der Waals surface area (Å²) >= 11 is 0. The molecule has 164 valence electrons. The normalized spacial score (nSPS) is 12.2. The predicted molar refractivity (Wildman–Crippen MR) is 129 cm³/mol. The Morgan fingerprint density at radius 1 is 1.29 bits per heavy atom. The Bertz CT molecular complexity index is 1170. The van der Waals surface area contributed by atoms with Crippen molar-refractivity contribution in [3.05, 3.63) is 70.4 Å². The van der Waals surface area contributed by atoms with Crippen LogP contribution in [-0.4, -0.2) is 40.7 Å². The maximum Gasteiger partial charge on any atom is 0.128 e. The van der Waals surface area contributed by atoms with E-state index in [0.717, 1.165) is 39.3 Å². The van der Waals surface area contributed by atoms with E-state index in [1.807, 2.05) is 36.6 Å². The summed E-state index contributed by atoms with van der Waals surface area (Å²) < 4.78 is 23.1. The molecule has 0 aliphatic carbocycles. The summed E-state index contributed by atoms with van der Waals surface area (Å²) in [4.78, 5) is 4.54. The first-order valence-corrected chi connectivity index (χ1v) is 13.2. The molecule has 0 N–H and O–H groups in total. The largest absolute Gasteiger partial charge is 0.360 e. The van der Waals surface area contributed by atoms with Crippen molar-refractivity contribution in [1.82, 2.24) is 9.55 Å². The minimum atomic E-state index is -0.642. The Balaban J connectivity index is 2.07. The van der Waals surface area contributed by atoms with Crippen LogP contribution in [0, 0.1) is 31.0 Å². The van der Waals surface area contributed by atoms with Crippen LogP contribution >= 0.6 is 10.0 Å². The Labute approximate surface area is 185 Å². The van der Waals surface area contributed by atoms with Gasteiger partial charge in [0, 0.05) is 34.5 Å². The van der Waals surface area contributed by atoms with Gasteiger partial charge < -0.3 is 9.30 Å². The number of benzene rings is 1. The molecule has 0 saturated heterocycles. The van der Waals surface area contributed by atoms with Crippen molar-refractivity contribution in [2.75, 3.05) is 31.1 Å². The number of aromatic nitrogens is 2. The van der Waals surface area contributed by atoms with Crippen molar-refractivity contribution in [2.45, 2.75) is 27.0 Å². The zero-order valence-corrected chi connectivity index (χ0v) is 19.8. The molecular formula is C25H30FN3OS. The van der Waals surface area contributed by atoms with E-state index in [0.29, 0.717) is 30.9 Å². The Morgan fingerprint density at radius 2 is 2.03 bits per heavy atom. The molecule has 2 heterocycles. The number of aryl methyl sites for hydroxylation is 1. The standard InChI is InChI=1S/C25H30FN3OS/c1-7-20-9-8-10-21(28-20)14-22-23(26)13-19(15-27)25-24(22)17(2)18(3)29(25)16-30-11-12-31(4,5)6/h7-10,13H,1,11-12,14,16H2,2-6H3. The zero-order valence-electron chi connectivity index (χ0n) is 19.0. The van der Waals surface area contributed by atoms with Crippen molar-refractivity contribution in [1.29, 1.82) is 5.26 Å². The van der Waals surface area contributed by atoms with E-state index in [4.69, 9.17) is 4.74 Å². The molecule has 0 saturated carbocycles. The number of hydrogen-bond acceptors (Lipinski definition) is 3. The van der Waals surface area contributed by atoms with Crippen LogP contribution in [0.4, 0.5) is 4.39 Å². The zero-order chi connectivity index (χ0) is 22.8. The van der Waals surface area contributed by atoms with Gasteiger partial charge in [0.15, 0.2) is 0 Å².